The molecule has 0 saturated heterocycles. The maximum absolute atomic E-state index is 6.27. The Balaban J connectivity index is 2.70. The Hall–Kier alpha value is -0.820. The van der Waals surface area contributed by atoms with Crippen molar-refractivity contribution in [3.63, 3.8) is 0 Å². The third-order valence-corrected chi connectivity index (χ3v) is 3.38. The van der Waals surface area contributed by atoms with Crippen molar-refractivity contribution in [1.82, 2.24) is 0 Å². The third-order valence-electron chi connectivity index (χ3n) is 3.38. The molecule has 2 atom stereocenters. The molecule has 0 aromatic heterocycles. The number of benzene rings is 1. The van der Waals surface area contributed by atoms with Gasteiger partial charge in [-0.05, 0) is 35.8 Å². The molecule has 0 radical (unpaired) electrons. The molecular weight excluding hydrogens is 206 g/mol. The molecule has 0 bridgehead atoms. The SMILES string of the molecule is CCC(C)CC(N)c1cccc(CC(C)C)c1. The lowest BCUT2D eigenvalue weighted by Crippen LogP contribution is -2.14. The Morgan fingerprint density at radius 2 is 1.88 bits per heavy atom. The van der Waals surface area contributed by atoms with Crippen LogP contribution in [0, 0.1) is 11.8 Å². The summed E-state index contributed by atoms with van der Waals surface area (Å²) in [5.41, 5.74) is 8.98. The minimum atomic E-state index is 0.192. The predicted octanol–water partition coefficient (Wildman–Crippen LogP) is 4.32. The molecule has 1 rings (SSSR count). The van der Waals surface area contributed by atoms with Crippen LogP contribution in [-0.2, 0) is 6.42 Å². The smallest absolute Gasteiger partial charge is 0.0297 e. The molecule has 0 aliphatic heterocycles. The number of hydrogen-bond acceptors (Lipinski definition) is 1. The minimum Gasteiger partial charge on any atom is -0.324 e. The van der Waals surface area contributed by atoms with Crippen molar-refractivity contribution in [1.29, 1.82) is 0 Å². The van der Waals surface area contributed by atoms with Crippen molar-refractivity contribution >= 4 is 0 Å². The molecule has 0 aliphatic rings. The average molecular weight is 233 g/mol. The summed E-state index contributed by atoms with van der Waals surface area (Å²) in [7, 11) is 0. The van der Waals surface area contributed by atoms with Gasteiger partial charge in [0.1, 0.15) is 0 Å². The molecule has 2 unspecified atom stereocenters. The quantitative estimate of drug-likeness (QED) is 0.778. The first-order valence-electron chi connectivity index (χ1n) is 6.87. The van der Waals surface area contributed by atoms with E-state index in [-0.39, 0.29) is 6.04 Å². The molecule has 0 heterocycles. The monoisotopic (exact) mass is 233 g/mol. The molecule has 0 fully saturated rings. The summed E-state index contributed by atoms with van der Waals surface area (Å²) in [4.78, 5) is 0. The molecule has 2 N–H and O–H groups in total. The van der Waals surface area contributed by atoms with E-state index < -0.39 is 0 Å². The van der Waals surface area contributed by atoms with E-state index in [1.807, 2.05) is 0 Å². The van der Waals surface area contributed by atoms with Crippen LogP contribution >= 0.6 is 0 Å². The summed E-state index contributed by atoms with van der Waals surface area (Å²) in [6.45, 7) is 9.02. The highest BCUT2D eigenvalue weighted by atomic mass is 14.6. The van der Waals surface area contributed by atoms with Gasteiger partial charge in [0.25, 0.3) is 0 Å². The van der Waals surface area contributed by atoms with E-state index in [4.69, 9.17) is 5.73 Å². The first-order chi connectivity index (χ1) is 8.02. The van der Waals surface area contributed by atoms with E-state index in [0.29, 0.717) is 11.8 Å². The van der Waals surface area contributed by atoms with Gasteiger partial charge in [-0.3, -0.25) is 0 Å². The van der Waals surface area contributed by atoms with Gasteiger partial charge in [0.2, 0.25) is 0 Å². The zero-order chi connectivity index (χ0) is 12.8. The molecular formula is C16H27N. The van der Waals surface area contributed by atoms with Gasteiger partial charge < -0.3 is 5.73 Å². The van der Waals surface area contributed by atoms with E-state index in [2.05, 4.69) is 52.0 Å². The van der Waals surface area contributed by atoms with E-state index in [0.717, 1.165) is 12.8 Å². The number of hydrogen-bond donors (Lipinski definition) is 1. The van der Waals surface area contributed by atoms with Crippen LogP contribution in [0.1, 0.15) is 57.7 Å². The molecule has 0 saturated carbocycles. The first kappa shape index (κ1) is 14.2. The molecule has 96 valence electrons. The Bertz CT molecular complexity index is 330. The van der Waals surface area contributed by atoms with Crippen LogP contribution in [0.3, 0.4) is 0 Å². The summed E-state index contributed by atoms with van der Waals surface area (Å²) in [6.07, 6.45) is 3.44. The van der Waals surface area contributed by atoms with Gasteiger partial charge in [0.05, 0.1) is 0 Å². The second kappa shape index (κ2) is 6.80. The van der Waals surface area contributed by atoms with Crippen LogP contribution < -0.4 is 5.73 Å². The van der Waals surface area contributed by atoms with Gasteiger partial charge in [0, 0.05) is 6.04 Å². The number of nitrogens with two attached hydrogens (primary N) is 1. The largest absolute Gasteiger partial charge is 0.324 e. The van der Waals surface area contributed by atoms with Crippen molar-refractivity contribution in [3.8, 4) is 0 Å². The van der Waals surface area contributed by atoms with Gasteiger partial charge in [-0.1, -0.05) is 58.4 Å². The van der Waals surface area contributed by atoms with E-state index in [9.17, 15) is 0 Å². The van der Waals surface area contributed by atoms with E-state index >= 15 is 0 Å². The fraction of sp³-hybridized carbons (Fsp3) is 0.625. The van der Waals surface area contributed by atoms with Crippen LogP contribution in [-0.4, -0.2) is 0 Å². The fourth-order valence-corrected chi connectivity index (χ4v) is 2.16. The summed E-state index contributed by atoms with van der Waals surface area (Å²) >= 11 is 0. The van der Waals surface area contributed by atoms with Gasteiger partial charge >= 0.3 is 0 Å². The van der Waals surface area contributed by atoms with Gasteiger partial charge in [-0.25, -0.2) is 0 Å². The molecule has 1 aromatic carbocycles. The zero-order valence-electron chi connectivity index (χ0n) is 11.7. The zero-order valence-corrected chi connectivity index (χ0v) is 11.7. The van der Waals surface area contributed by atoms with E-state index in [1.165, 1.54) is 17.5 Å². The van der Waals surface area contributed by atoms with Crippen LogP contribution in [0.25, 0.3) is 0 Å². The highest BCUT2D eigenvalue weighted by Crippen LogP contribution is 2.22. The lowest BCUT2D eigenvalue weighted by atomic mass is 9.93. The van der Waals surface area contributed by atoms with Crippen molar-refractivity contribution < 1.29 is 0 Å². The highest BCUT2D eigenvalue weighted by molar-refractivity contribution is 5.26. The van der Waals surface area contributed by atoms with E-state index in [1.54, 1.807) is 0 Å². The average Bonchev–Trinajstić information content (AvgIpc) is 2.28. The Morgan fingerprint density at radius 3 is 2.47 bits per heavy atom. The normalized spacial score (nSPS) is 14.9. The summed E-state index contributed by atoms with van der Waals surface area (Å²) in [5, 5.41) is 0. The van der Waals surface area contributed by atoms with Crippen molar-refractivity contribution in [3.05, 3.63) is 35.4 Å². The lowest BCUT2D eigenvalue weighted by molar-refractivity contribution is 0.461. The van der Waals surface area contributed by atoms with Crippen molar-refractivity contribution in [2.75, 3.05) is 0 Å². The van der Waals surface area contributed by atoms with Gasteiger partial charge in [0.15, 0.2) is 0 Å². The Kier molecular flexibility index (Phi) is 5.70. The summed E-state index contributed by atoms with van der Waals surface area (Å²) in [6, 6.07) is 8.99. The molecule has 1 heteroatoms. The second-order valence-corrected chi connectivity index (χ2v) is 5.70. The minimum absolute atomic E-state index is 0.192. The predicted molar refractivity (Wildman–Crippen MR) is 76.0 cm³/mol. The fourth-order valence-electron chi connectivity index (χ4n) is 2.16. The van der Waals surface area contributed by atoms with Crippen LogP contribution in [0.5, 0.6) is 0 Å². The standard InChI is InChI=1S/C16H27N/c1-5-13(4)10-16(17)15-8-6-7-14(11-15)9-12(2)3/h6-8,11-13,16H,5,9-10,17H2,1-4H3. The summed E-state index contributed by atoms with van der Waals surface area (Å²) in [5.74, 6) is 1.41. The highest BCUT2D eigenvalue weighted by Gasteiger charge is 2.10. The lowest BCUT2D eigenvalue weighted by Gasteiger charge is -2.17. The third kappa shape index (κ3) is 4.91. The van der Waals surface area contributed by atoms with Crippen LogP contribution in [0.15, 0.2) is 24.3 Å². The Labute approximate surface area is 106 Å². The molecule has 17 heavy (non-hydrogen) atoms. The Morgan fingerprint density at radius 1 is 1.18 bits per heavy atom. The first-order valence-corrected chi connectivity index (χ1v) is 6.87. The maximum atomic E-state index is 6.27. The summed E-state index contributed by atoms with van der Waals surface area (Å²) < 4.78 is 0. The van der Waals surface area contributed by atoms with Gasteiger partial charge in [-0.15, -0.1) is 0 Å². The van der Waals surface area contributed by atoms with Gasteiger partial charge in [-0.2, -0.15) is 0 Å². The van der Waals surface area contributed by atoms with Crippen LogP contribution in [0.2, 0.25) is 0 Å². The molecule has 1 nitrogen and oxygen atoms in total. The topological polar surface area (TPSA) is 26.0 Å². The second-order valence-electron chi connectivity index (χ2n) is 5.70. The van der Waals surface area contributed by atoms with Crippen molar-refractivity contribution in [2.45, 2.75) is 53.0 Å². The van der Waals surface area contributed by atoms with Crippen molar-refractivity contribution in [2.24, 2.45) is 17.6 Å². The maximum Gasteiger partial charge on any atom is 0.0297 e. The molecule has 0 aliphatic carbocycles. The van der Waals surface area contributed by atoms with Crippen LogP contribution in [0.4, 0.5) is 0 Å². The number of rotatable bonds is 6. The molecule has 0 spiro atoms. The molecule has 0 amide bonds. The molecule has 1 aromatic rings.